The van der Waals surface area contributed by atoms with E-state index in [4.69, 9.17) is 28.2 Å². The Morgan fingerprint density at radius 3 is 2.54 bits per heavy atom. The minimum Gasteiger partial charge on any atom is -0.324 e. The molecule has 1 N–H and O–H groups in total. The Hall–Kier alpha value is -3.22. The monoisotopic (exact) mass is 511 g/mol. The van der Waals surface area contributed by atoms with Crippen LogP contribution >= 0.6 is 23.2 Å². The zero-order chi connectivity index (χ0) is 25.1. The van der Waals surface area contributed by atoms with E-state index in [2.05, 4.69) is 5.32 Å². The maximum Gasteiger partial charge on any atom is 0.252 e. The number of amides is 2. The minimum absolute atomic E-state index is 0.0625. The first-order chi connectivity index (χ1) is 16.8. The summed E-state index contributed by atoms with van der Waals surface area (Å²) >= 11 is 12.2. The first-order valence-corrected chi connectivity index (χ1v) is 12.0. The average Bonchev–Trinajstić information content (AvgIpc) is 2.96. The Labute approximate surface area is 213 Å². The Morgan fingerprint density at radius 2 is 1.86 bits per heavy atom. The first-order valence-electron chi connectivity index (χ1n) is 11.3. The summed E-state index contributed by atoms with van der Waals surface area (Å²) in [6, 6.07) is 18.0. The maximum atomic E-state index is 13.8. The highest BCUT2D eigenvalue weighted by molar-refractivity contribution is 6.32. The molecular formula is C27H24Cl2FN3O2. The van der Waals surface area contributed by atoms with E-state index in [9.17, 15) is 14.0 Å². The van der Waals surface area contributed by atoms with Gasteiger partial charge in [0.05, 0.1) is 16.4 Å². The second-order valence-corrected chi connectivity index (χ2v) is 9.28. The van der Waals surface area contributed by atoms with E-state index in [0.29, 0.717) is 27.7 Å². The van der Waals surface area contributed by atoms with Crippen LogP contribution in [0, 0.1) is 11.7 Å². The summed E-state index contributed by atoms with van der Waals surface area (Å²) in [5.41, 5.74) is 3.04. The molecular weight excluding hydrogens is 488 g/mol. The molecule has 3 aromatic carbocycles. The van der Waals surface area contributed by atoms with Crippen molar-refractivity contribution in [1.29, 1.82) is 0 Å². The highest BCUT2D eigenvalue weighted by atomic mass is 35.5. The fourth-order valence-corrected chi connectivity index (χ4v) is 4.33. The molecule has 1 heterocycles. The van der Waals surface area contributed by atoms with Crippen molar-refractivity contribution < 1.29 is 14.0 Å². The van der Waals surface area contributed by atoms with E-state index in [1.54, 1.807) is 18.2 Å². The van der Waals surface area contributed by atoms with Crippen LogP contribution in [-0.4, -0.2) is 30.1 Å². The lowest BCUT2D eigenvalue weighted by Crippen LogP contribution is -2.44. The van der Waals surface area contributed by atoms with Crippen molar-refractivity contribution in [2.45, 2.75) is 26.3 Å². The number of anilines is 2. The Bertz CT molecular complexity index is 1300. The quantitative estimate of drug-likeness (QED) is 0.417. The summed E-state index contributed by atoms with van der Waals surface area (Å²) in [4.78, 5) is 33.2. The molecule has 180 valence electrons. The SMILES string of the molecule is CC[C@H](C)[C@H]1N=C(c2ccccc2)c2cc(Cl)ccc2N(CC(=O)Nc2ccc(F)c(Cl)c2)C1=O. The van der Waals surface area contributed by atoms with E-state index in [-0.39, 0.29) is 23.4 Å². The number of fused-ring (bicyclic) bond motifs is 1. The molecule has 2 amide bonds. The van der Waals surface area contributed by atoms with Crippen molar-refractivity contribution in [3.63, 3.8) is 0 Å². The Balaban J connectivity index is 1.76. The van der Waals surface area contributed by atoms with Crippen LogP contribution in [0.3, 0.4) is 0 Å². The normalized spacial score (nSPS) is 16.3. The van der Waals surface area contributed by atoms with Crippen molar-refractivity contribution in [3.8, 4) is 0 Å². The van der Waals surface area contributed by atoms with E-state index >= 15 is 0 Å². The van der Waals surface area contributed by atoms with Gasteiger partial charge in [-0.15, -0.1) is 0 Å². The molecule has 0 aliphatic carbocycles. The van der Waals surface area contributed by atoms with Crippen molar-refractivity contribution >= 4 is 52.1 Å². The Morgan fingerprint density at radius 1 is 1.11 bits per heavy atom. The van der Waals surface area contributed by atoms with E-state index < -0.39 is 17.8 Å². The standard InChI is InChI=1S/C27H24Cl2FN3O2/c1-3-16(2)25-27(35)33(15-24(34)31-19-10-11-22(30)21(29)14-19)23-12-9-18(28)13-20(23)26(32-25)17-7-5-4-6-8-17/h4-14,16,25H,3,15H2,1-2H3,(H,31,34)/t16-,25+/m0/s1. The Kier molecular flexibility index (Phi) is 7.53. The van der Waals surface area contributed by atoms with Crippen molar-refractivity contribution in [1.82, 2.24) is 0 Å². The number of hydrogen-bond acceptors (Lipinski definition) is 3. The molecule has 35 heavy (non-hydrogen) atoms. The van der Waals surface area contributed by atoms with Crippen molar-refractivity contribution in [2.24, 2.45) is 10.9 Å². The number of hydrogen-bond donors (Lipinski definition) is 1. The third-order valence-electron chi connectivity index (χ3n) is 6.03. The zero-order valence-electron chi connectivity index (χ0n) is 19.3. The third kappa shape index (κ3) is 5.39. The lowest BCUT2D eigenvalue weighted by atomic mass is 9.98. The average molecular weight is 512 g/mol. The van der Waals surface area contributed by atoms with Crippen LogP contribution < -0.4 is 10.2 Å². The lowest BCUT2D eigenvalue weighted by Gasteiger charge is -2.26. The van der Waals surface area contributed by atoms with Gasteiger partial charge < -0.3 is 10.2 Å². The summed E-state index contributed by atoms with van der Waals surface area (Å²) < 4.78 is 13.5. The molecule has 0 aromatic heterocycles. The molecule has 5 nitrogen and oxygen atoms in total. The molecule has 0 spiro atoms. The molecule has 3 aromatic rings. The molecule has 8 heteroatoms. The largest absolute Gasteiger partial charge is 0.324 e. The summed E-state index contributed by atoms with van der Waals surface area (Å²) in [5.74, 6) is -1.37. The van der Waals surface area contributed by atoms with Gasteiger partial charge in [0.2, 0.25) is 5.91 Å². The van der Waals surface area contributed by atoms with Gasteiger partial charge in [-0.05, 0) is 42.3 Å². The molecule has 0 unspecified atom stereocenters. The van der Waals surface area contributed by atoms with Crippen LogP contribution in [0.1, 0.15) is 31.4 Å². The predicted octanol–water partition coefficient (Wildman–Crippen LogP) is 6.37. The van der Waals surface area contributed by atoms with Gasteiger partial charge in [-0.1, -0.05) is 73.8 Å². The molecule has 1 aliphatic heterocycles. The number of carbonyl (C=O) groups excluding carboxylic acids is 2. The van der Waals surface area contributed by atoms with Crippen LogP contribution in [0.5, 0.6) is 0 Å². The van der Waals surface area contributed by atoms with Gasteiger partial charge in [0.1, 0.15) is 18.4 Å². The summed E-state index contributed by atoms with van der Waals surface area (Å²) in [6.45, 7) is 3.71. The summed E-state index contributed by atoms with van der Waals surface area (Å²) in [5, 5.41) is 3.08. The lowest BCUT2D eigenvalue weighted by molar-refractivity contribution is -0.123. The molecule has 0 radical (unpaired) electrons. The van der Waals surface area contributed by atoms with Crippen LogP contribution in [0.2, 0.25) is 10.0 Å². The molecule has 0 saturated heterocycles. The maximum absolute atomic E-state index is 13.8. The molecule has 0 bridgehead atoms. The van der Waals surface area contributed by atoms with Gasteiger partial charge in [0.15, 0.2) is 0 Å². The summed E-state index contributed by atoms with van der Waals surface area (Å²) in [7, 11) is 0. The highest BCUT2D eigenvalue weighted by Crippen LogP contribution is 2.33. The van der Waals surface area contributed by atoms with Crippen LogP contribution in [-0.2, 0) is 9.59 Å². The summed E-state index contributed by atoms with van der Waals surface area (Å²) in [6.07, 6.45) is 0.729. The van der Waals surface area contributed by atoms with Gasteiger partial charge in [-0.25, -0.2) is 4.39 Å². The predicted molar refractivity (Wildman–Crippen MR) is 139 cm³/mol. The van der Waals surface area contributed by atoms with Gasteiger partial charge in [-0.3, -0.25) is 14.6 Å². The van der Waals surface area contributed by atoms with Gasteiger partial charge >= 0.3 is 0 Å². The van der Waals surface area contributed by atoms with Crippen molar-refractivity contribution in [3.05, 3.63) is 93.7 Å². The number of halogens is 3. The number of aliphatic imine (C=N–C) groups is 1. The van der Waals surface area contributed by atoms with Crippen LogP contribution in [0.4, 0.5) is 15.8 Å². The fraction of sp³-hybridized carbons (Fsp3) is 0.222. The molecule has 1 aliphatic rings. The minimum atomic E-state index is -0.686. The number of nitrogens with one attached hydrogen (secondary N) is 1. The van der Waals surface area contributed by atoms with Crippen molar-refractivity contribution in [2.75, 3.05) is 16.8 Å². The van der Waals surface area contributed by atoms with Crippen LogP contribution in [0.15, 0.2) is 71.7 Å². The number of benzene rings is 3. The number of carbonyl (C=O) groups is 2. The third-order valence-corrected chi connectivity index (χ3v) is 6.55. The van der Waals surface area contributed by atoms with Gasteiger partial charge in [-0.2, -0.15) is 0 Å². The zero-order valence-corrected chi connectivity index (χ0v) is 20.8. The number of nitrogens with zero attached hydrogens (tertiary/aromatic N) is 2. The first kappa shape index (κ1) is 24.9. The van der Waals surface area contributed by atoms with Crippen LogP contribution in [0.25, 0.3) is 0 Å². The molecule has 0 fully saturated rings. The smallest absolute Gasteiger partial charge is 0.252 e. The fourth-order valence-electron chi connectivity index (χ4n) is 3.98. The highest BCUT2D eigenvalue weighted by Gasteiger charge is 2.35. The number of rotatable bonds is 6. The van der Waals surface area contributed by atoms with Gasteiger partial charge in [0, 0.05) is 21.8 Å². The van der Waals surface area contributed by atoms with E-state index in [1.165, 1.54) is 23.1 Å². The molecule has 0 saturated carbocycles. The molecule has 4 rings (SSSR count). The number of benzodiazepines with no additional fused rings is 1. The van der Waals surface area contributed by atoms with E-state index in [0.717, 1.165) is 12.0 Å². The van der Waals surface area contributed by atoms with E-state index in [1.807, 2.05) is 44.2 Å². The topological polar surface area (TPSA) is 61.8 Å². The second-order valence-electron chi connectivity index (χ2n) is 8.44. The molecule has 2 atom stereocenters. The van der Waals surface area contributed by atoms with Gasteiger partial charge in [0.25, 0.3) is 5.91 Å². The second kappa shape index (κ2) is 10.6.